The smallest absolute Gasteiger partial charge is 0.221 e. The molecule has 1 aliphatic heterocycles. The summed E-state index contributed by atoms with van der Waals surface area (Å²) in [4.78, 5) is 11.7. The molecule has 0 saturated carbocycles. The van der Waals surface area contributed by atoms with Gasteiger partial charge in [0.05, 0.1) is 13.2 Å². The minimum atomic E-state index is -0.295. The van der Waals surface area contributed by atoms with Crippen molar-refractivity contribution in [2.75, 3.05) is 19.8 Å². The van der Waals surface area contributed by atoms with Crippen molar-refractivity contribution in [3.05, 3.63) is 35.6 Å². The summed E-state index contributed by atoms with van der Waals surface area (Å²) in [7, 11) is 0. The molecule has 1 aliphatic rings. The van der Waals surface area contributed by atoms with Gasteiger partial charge in [-0.15, -0.1) is 12.4 Å². The largest absolute Gasteiger partial charge is 0.378 e. The number of benzene rings is 1. The normalized spacial score (nSPS) is 18.5. The van der Waals surface area contributed by atoms with Crippen LogP contribution in [-0.2, 0) is 16.1 Å². The van der Waals surface area contributed by atoms with Gasteiger partial charge in [0.15, 0.2) is 0 Å². The first-order valence-electron chi connectivity index (χ1n) is 6.07. The number of carbonyl (C=O) groups is 1. The lowest BCUT2D eigenvalue weighted by Crippen LogP contribution is -2.44. The summed E-state index contributed by atoms with van der Waals surface area (Å²) < 4.78 is 18.6. The molecule has 2 N–H and O–H groups in total. The molecule has 2 rings (SSSR count). The van der Waals surface area contributed by atoms with Crippen LogP contribution in [0.15, 0.2) is 24.3 Å². The van der Waals surface area contributed by atoms with Crippen molar-refractivity contribution in [2.45, 2.75) is 19.0 Å². The van der Waals surface area contributed by atoms with Gasteiger partial charge in [-0.3, -0.25) is 4.79 Å². The number of amides is 1. The minimum Gasteiger partial charge on any atom is -0.378 e. The van der Waals surface area contributed by atoms with Gasteiger partial charge in [-0.25, -0.2) is 4.39 Å². The SMILES string of the molecule is Cl.O=C(CC1COCCN1)NCc1ccccc1F. The number of rotatable bonds is 4. The molecule has 1 atom stereocenters. The standard InChI is InChI=1S/C13H17FN2O2.ClH/c14-12-4-2-1-3-10(12)8-16-13(17)7-11-9-18-6-5-15-11;/h1-4,11,15H,5-9H2,(H,16,17);1H. The molecule has 0 aliphatic carbocycles. The molecule has 1 fully saturated rings. The number of ether oxygens (including phenoxy) is 1. The van der Waals surface area contributed by atoms with Crippen LogP contribution in [-0.4, -0.2) is 31.7 Å². The lowest BCUT2D eigenvalue weighted by molar-refractivity contribution is -0.122. The summed E-state index contributed by atoms with van der Waals surface area (Å²) in [5.41, 5.74) is 0.499. The van der Waals surface area contributed by atoms with E-state index in [1.165, 1.54) is 6.07 Å². The van der Waals surface area contributed by atoms with Crippen molar-refractivity contribution in [1.29, 1.82) is 0 Å². The lowest BCUT2D eigenvalue weighted by atomic mass is 10.1. The van der Waals surface area contributed by atoms with Gasteiger partial charge >= 0.3 is 0 Å². The zero-order valence-electron chi connectivity index (χ0n) is 10.5. The molecular weight excluding hydrogens is 271 g/mol. The number of nitrogens with one attached hydrogen (secondary N) is 2. The Labute approximate surface area is 118 Å². The van der Waals surface area contributed by atoms with Crippen molar-refractivity contribution >= 4 is 18.3 Å². The first-order valence-corrected chi connectivity index (χ1v) is 6.07. The topological polar surface area (TPSA) is 50.4 Å². The van der Waals surface area contributed by atoms with Crippen LogP contribution in [0, 0.1) is 5.82 Å². The second kappa shape index (κ2) is 8.09. The maximum atomic E-state index is 13.3. The number of halogens is 2. The molecule has 1 heterocycles. The van der Waals surface area contributed by atoms with Crippen LogP contribution < -0.4 is 10.6 Å². The molecular formula is C13H18ClFN2O2. The second-order valence-electron chi connectivity index (χ2n) is 4.30. The van der Waals surface area contributed by atoms with Crippen LogP contribution in [0.1, 0.15) is 12.0 Å². The number of hydrogen-bond donors (Lipinski definition) is 2. The highest BCUT2D eigenvalue weighted by Crippen LogP contribution is 2.06. The Morgan fingerprint density at radius 2 is 2.26 bits per heavy atom. The Kier molecular flexibility index (Phi) is 6.77. The minimum absolute atomic E-state index is 0. The van der Waals surface area contributed by atoms with Gasteiger partial charge in [0.25, 0.3) is 0 Å². The molecule has 6 heteroatoms. The van der Waals surface area contributed by atoms with E-state index < -0.39 is 0 Å². The van der Waals surface area contributed by atoms with E-state index in [1.807, 2.05) is 0 Å². The molecule has 0 radical (unpaired) electrons. The van der Waals surface area contributed by atoms with E-state index in [4.69, 9.17) is 4.74 Å². The van der Waals surface area contributed by atoms with Crippen LogP contribution in [0.25, 0.3) is 0 Å². The fourth-order valence-corrected chi connectivity index (χ4v) is 1.88. The van der Waals surface area contributed by atoms with E-state index in [0.29, 0.717) is 25.2 Å². The van der Waals surface area contributed by atoms with E-state index in [-0.39, 0.29) is 36.7 Å². The molecule has 0 bridgehead atoms. The van der Waals surface area contributed by atoms with Gasteiger partial charge in [0.2, 0.25) is 5.91 Å². The average Bonchev–Trinajstić information content (AvgIpc) is 2.39. The predicted octanol–water partition coefficient (Wildman–Crippen LogP) is 1.24. The van der Waals surface area contributed by atoms with Gasteiger partial charge in [0, 0.05) is 31.1 Å². The highest BCUT2D eigenvalue weighted by atomic mass is 35.5. The first-order chi connectivity index (χ1) is 8.75. The molecule has 1 unspecified atom stereocenters. The Morgan fingerprint density at radius 1 is 1.47 bits per heavy atom. The number of carbonyl (C=O) groups excluding carboxylic acids is 1. The Balaban J connectivity index is 0.00000180. The molecule has 1 saturated heterocycles. The molecule has 1 aromatic rings. The number of morpholine rings is 1. The Hall–Kier alpha value is -1.17. The van der Waals surface area contributed by atoms with E-state index >= 15 is 0 Å². The number of hydrogen-bond acceptors (Lipinski definition) is 3. The summed E-state index contributed by atoms with van der Waals surface area (Å²) in [6.45, 7) is 2.23. The highest BCUT2D eigenvalue weighted by molar-refractivity contribution is 5.85. The summed E-state index contributed by atoms with van der Waals surface area (Å²) >= 11 is 0. The molecule has 0 aromatic heterocycles. The fraction of sp³-hybridized carbons (Fsp3) is 0.462. The fourth-order valence-electron chi connectivity index (χ4n) is 1.88. The van der Waals surface area contributed by atoms with Crippen LogP contribution in [0.4, 0.5) is 4.39 Å². The first kappa shape index (κ1) is 15.9. The van der Waals surface area contributed by atoms with Crippen molar-refractivity contribution in [1.82, 2.24) is 10.6 Å². The van der Waals surface area contributed by atoms with Crippen LogP contribution in [0.5, 0.6) is 0 Å². The third-order valence-electron chi connectivity index (χ3n) is 2.86. The maximum absolute atomic E-state index is 13.3. The monoisotopic (exact) mass is 288 g/mol. The van der Waals surface area contributed by atoms with E-state index in [9.17, 15) is 9.18 Å². The Morgan fingerprint density at radius 3 is 2.95 bits per heavy atom. The Bertz CT molecular complexity index is 411. The lowest BCUT2D eigenvalue weighted by Gasteiger charge is -2.23. The summed E-state index contributed by atoms with van der Waals surface area (Å²) in [6.07, 6.45) is 0.356. The molecule has 4 nitrogen and oxygen atoms in total. The molecule has 19 heavy (non-hydrogen) atoms. The van der Waals surface area contributed by atoms with Crippen molar-refractivity contribution in [3.8, 4) is 0 Å². The summed E-state index contributed by atoms with van der Waals surface area (Å²) in [6, 6.07) is 6.49. The zero-order valence-corrected chi connectivity index (χ0v) is 11.3. The van der Waals surface area contributed by atoms with Gasteiger partial charge < -0.3 is 15.4 Å². The average molecular weight is 289 g/mol. The van der Waals surface area contributed by atoms with Gasteiger partial charge in [-0.05, 0) is 6.07 Å². The van der Waals surface area contributed by atoms with E-state index in [1.54, 1.807) is 18.2 Å². The van der Waals surface area contributed by atoms with Gasteiger partial charge in [-0.2, -0.15) is 0 Å². The van der Waals surface area contributed by atoms with Gasteiger partial charge in [0.1, 0.15) is 5.82 Å². The maximum Gasteiger partial charge on any atom is 0.221 e. The third-order valence-corrected chi connectivity index (χ3v) is 2.86. The molecule has 106 valence electrons. The molecule has 1 amide bonds. The predicted molar refractivity (Wildman–Crippen MR) is 72.7 cm³/mol. The summed E-state index contributed by atoms with van der Waals surface area (Å²) in [5.74, 6) is -0.391. The van der Waals surface area contributed by atoms with Crippen LogP contribution in [0.2, 0.25) is 0 Å². The highest BCUT2D eigenvalue weighted by Gasteiger charge is 2.16. The zero-order chi connectivity index (χ0) is 12.8. The third kappa shape index (κ3) is 5.14. The van der Waals surface area contributed by atoms with Crippen LogP contribution in [0.3, 0.4) is 0 Å². The van der Waals surface area contributed by atoms with Crippen molar-refractivity contribution in [2.24, 2.45) is 0 Å². The van der Waals surface area contributed by atoms with Gasteiger partial charge in [-0.1, -0.05) is 18.2 Å². The quantitative estimate of drug-likeness (QED) is 0.876. The van der Waals surface area contributed by atoms with E-state index in [2.05, 4.69) is 10.6 Å². The second-order valence-corrected chi connectivity index (χ2v) is 4.30. The van der Waals surface area contributed by atoms with Crippen LogP contribution >= 0.6 is 12.4 Å². The summed E-state index contributed by atoms with van der Waals surface area (Å²) in [5, 5.41) is 5.91. The van der Waals surface area contributed by atoms with Crippen molar-refractivity contribution < 1.29 is 13.9 Å². The molecule has 1 aromatic carbocycles. The van der Waals surface area contributed by atoms with Crippen molar-refractivity contribution in [3.63, 3.8) is 0 Å². The van der Waals surface area contributed by atoms with E-state index in [0.717, 1.165) is 6.54 Å². The molecule has 0 spiro atoms.